The van der Waals surface area contributed by atoms with Crippen LogP contribution >= 0.6 is 0 Å². The molecule has 0 saturated carbocycles. The van der Waals surface area contributed by atoms with E-state index in [1.54, 1.807) is 6.20 Å². The van der Waals surface area contributed by atoms with Gasteiger partial charge in [-0.2, -0.15) is 5.10 Å². The van der Waals surface area contributed by atoms with Crippen LogP contribution in [0.4, 0.5) is 0 Å². The third-order valence-corrected chi connectivity index (χ3v) is 4.58. The number of amides is 1. The van der Waals surface area contributed by atoms with Gasteiger partial charge in [0.05, 0.1) is 12.5 Å². The summed E-state index contributed by atoms with van der Waals surface area (Å²) in [7, 11) is 0. The largest absolute Gasteiger partial charge is 0.332 e. The van der Waals surface area contributed by atoms with Gasteiger partial charge in [0.25, 0.3) is 0 Å². The highest BCUT2D eigenvalue weighted by Crippen LogP contribution is 2.30. The smallest absolute Gasteiger partial charge is 0.227 e. The van der Waals surface area contributed by atoms with E-state index >= 15 is 0 Å². The van der Waals surface area contributed by atoms with Crippen molar-refractivity contribution in [2.45, 2.75) is 32.2 Å². The summed E-state index contributed by atoms with van der Waals surface area (Å²) in [6, 6.07) is 8.01. The van der Waals surface area contributed by atoms with E-state index in [0.717, 1.165) is 47.4 Å². The number of rotatable bonds is 3. The Bertz CT molecular complexity index is 883. The molecule has 1 N–H and O–H groups in total. The first-order valence-corrected chi connectivity index (χ1v) is 8.22. The number of carbonyl (C=O) groups excluding carboxylic acids is 1. The average molecular weight is 321 g/mol. The van der Waals surface area contributed by atoms with Crippen molar-refractivity contribution in [3.63, 3.8) is 0 Å². The van der Waals surface area contributed by atoms with Gasteiger partial charge in [-0.05, 0) is 30.7 Å². The number of aromatic amines is 1. The number of fused-ring (bicyclic) bond motifs is 1. The van der Waals surface area contributed by atoms with Gasteiger partial charge in [0, 0.05) is 24.3 Å². The van der Waals surface area contributed by atoms with E-state index in [9.17, 15) is 4.79 Å². The van der Waals surface area contributed by atoms with Gasteiger partial charge >= 0.3 is 0 Å². The lowest BCUT2D eigenvalue weighted by Crippen LogP contribution is -2.32. The van der Waals surface area contributed by atoms with Crippen molar-refractivity contribution in [1.82, 2.24) is 25.1 Å². The molecule has 4 rings (SSSR count). The monoisotopic (exact) mass is 321 g/mol. The number of nitrogens with one attached hydrogen (secondary N) is 1. The molecule has 3 aromatic rings. The van der Waals surface area contributed by atoms with Gasteiger partial charge in [-0.1, -0.05) is 24.3 Å². The second kappa shape index (κ2) is 6.03. The quantitative estimate of drug-likeness (QED) is 0.804. The van der Waals surface area contributed by atoms with Crippen LogP contribution in [0.25, 0.3) is 10.8 Å². The standard InChI is InChI=1S/C18H19N5O/c1-12-20-18(22-21-12)16-7-4-8-23(16)17(24)9-14-11-19-10-13-5-2-3-6-15(13)14/h2-3,5-6,10-11,16H,4,7-9H2,1H3,(H,20,21,22)/t16-/m0/s1. The van der Waals surface area contributed by atoms with Crippen LogP contribution in [-0.4, -0.2) is 37.5 Å². The maximum absolute atomic E-state index is 12.9. The van der Waals surface area contributed by atoms with Crippen LogP contribution in [0.3, 0.4) is 0 Å². The molecule has 122 valence electrons. The minimum absolute atomic E-state index is 0.0228. The lowest BCUT2D eigenvalue weighted by atomic mass is 10.0. The predicted octanol–water partition coefficient (Wildman–Crippen LogP) is 2.57. The zero-order valence-electron chi connectivity index (χ0n) is 13.6. The maximum atomic E-state index is 12.9. The Labute approximate surface area is 139 Å². The minimum Gasteiger partial charge on any atom is -0.332 e. The van der Waals surface area contributed by atoms with E-state index in [1.165, 1.54) is 0 Å². The van der Waals surface area contributed by atoms with Crippen molar-refractivity contribution in [3.8, 4) is 0 Å². The normalized spacial score (nSPS) is 17.5. The third-order valence-electron chi connectivity index (χ3n) is 4.58. The summed E-state index contributed by atoms with van der Waals surface area (Å²) in [5.74, 6) is 1.61. The number of benzene rings is 1. The number of nitrogens with zero attached hydrogens (tertiary/aromatic N) is 4. The molecule has 6 nitrogen and oxygen atoms in total. The molecule has 24 heavy (non-hydrogen) atoms. The van der Waals surface area contributed by atoms with E-state index in [2.05, 4.69) is 20.2 Å². The number of pyridine rings is 1. The Kier molecular flexibility index (Phi) is 3.72. The topological polar surface area (TPSA) is 74.8 Å². The summed E-state index contributed by atoms with van der Waals surface area (Å²) in [5, 5.41) is 9.26. The molecule has 1 aliphatic heterocycles. The summed E-state index contributed by atoms with van der Waals surface area (Å²) in [5.41, 5.74) is 0.968. The SMILES string of the molecule is Cc1nc([C@@H]2CCCN2C(=O)Cc2cncc3ccccc23)n[nH]1. The summed E-state index contributed by atoms with van der Waals surface area (Å²) in [6.45, 7) is 2.63. The fraction of sp³-hybridized carbons (Fsp3) is 0.333. The molecule has 1 aliphatic rings. The fourth-order valence-corrected chi connectivity index (χ4v) is 3.43. The number of aromatic nitrogens is 4. The van der Waals surface area contributed by atoms with Gasteiger partial charge in [0.1, 0.15) is 5.82 Å². The predicted molar refractivity (Wildman–Crippen MR) is 90.3 cm³/mol. The molecule has 0 bridgehead atoms. The molecule has 2 aromatic heterocycles. The zero-order valence-corrected chi connectivity index (χ0v) is 13.6. The molecule has 1 atom stereocenters. The highest BCUT2D eigenvalue weighted by molar-refractivity contribution is 5.89. The Morgan fingerprint density at radius 2 is 2.21 bits per heavy atom. The molecule has 0 spiro atoms. The molecule has 1 amide bonds. The summed E-state index contributed by atoms with van der Waals surface area (Å²) >= 11 is 0. The van der Waals surface area contributed by atoms with Crippen LogP contribution in [0.1, 0.15) is 36.1 Å². The number of hydrogen-bond acceptors (Lipinski definition) is 4. The molecule has 0 aliphatic carbocycles. The molecule has 6 heteroatoms. The third kappa shape index (κ3) is 2.64. The van der Waals surface area contributed by atoms with Crippen LogP contribution in [0.5, 0.6) is 0 Å². The van der Waals surface area contributed by atoms with Crippen molar-refractivity contribution in [2.24, 2.45) is 0 Å². The number of hydrogen-bond donors (Lipinski definition) is 1. The van der Waals surface area contributed by atoms with Crippen LogP contribution < -0.4 is 0 Å². The summed E-state index contributed by atoms with van der Waals surface area (Å²) in [4.78, 5) is 23.5. The van der Waals surface area contributed by atoms with Gasteiger partial charge in [0.2, 0.25) is 5.91 Å². The number of H-pyrrole nitrogens is 1. The van der Waals surface area contributed by atoms with Crippen LogP contribution in [0.15, 0.2) is 36.7 Å². The van der Waals surface area contributed by atoms with Crippen molar-refractivity contribution in [2.75, 3.05) is 6.54 Å². The lowest BCUT2D eigenvalue weighted by Gasteiger charge is -2.22. The summed E-state index contributed by atoms with van der Waals surface area (Å²) in [6.07, 6.45) is 5.88. The molecule has 1 saturated heterocycles. The van der Waals surface area contributed by atoms with Crippen molar-refractivity contribution < 1.29 is 4.79 Å². The average Bonchev–Trinajstić information content (AvgIpc) is 3.24. The van der Waals surface area contributed by atoms with E-state index in [0.29, 0.717) is 6.42 Å². The molecule has 0 radical (unpaired) electrons. The minimum atomic E-state index is -0.0228. The fourth-order valence-electron chi connectivity index (χ4n) is 3.43. The lowest BCUT2D eigenvalue weighted by molar-refractivity contribution is -0.131. The Morgan fingerprint density at radius 3 is 3.04 bits per heavy atom. The van der Waals surface area contributed by atoms with Crippen molar-refractivity contribution >= 4 is 16.7 Å². The highest BCUT2D eigenvalue weighted by Gasteiger charge is 2.32. The van der Waals surface area contributed by atoms with E-state index < -0.39 is 0 Å². The molecule has 1 fully saturated rings. The van der Waals surface area contributed by atoms with E-state index in [1.807, 2.05) is 42.3 Å². The van der Waals surface area contributed by atoms with Gasteiger partial charge in [-0.3, -0.25) is 14.9 Å². The van der Waals surface area contributed by atoms with Gasteiger partial charge in [-0.15, -0.1) is 0 Å². The first-order valence-electron chi connectivity index (χ1n) is 8.22. The van der Waals surface area contributed by atoms with Crippen LogP contribution in [0.2, 0.25) is 0 Å². The zero-order chi connectivity index (χ0) is 16.5. The number of carbonyl (C=O) groups is 1. The second-order valence-electron chi connectivity index (χ2n) is 6.22. The van der Waals surface area contributed by atoms with Gasteiger partial charge < -0.3 is 4.90 Å². The van der Waals surface area contributed by atoms with Gasteiger partial charge in [0.15, 0.2) is 5.82 Å². The second-order valence-corrected chi connectivity index (χ2v) is 6.22. The highest BCUT2D eigenvalue weighted by atomic mass is 16.2. The molecule has 1 aromatic carbocycles. The van der Waals surface area contributed by atoms with E-state index in [-0.39, 0.29) is 11.9 Å². The number of likely N-dealkylation sites (tertiary alicyclic amines) is 1. The first kappa shape index (κ1) is 14.8. The molecule has 0 unspecified atom stereocenters. The molecule has 3 heterocycles. The van der Waals surface area contributed by atoms with Crippen molar-refractivity contribution in [3.05, 3.63) is 53.9 Å². The number of aryl methyl sites for hydroxylation is 1. The van der Waals surface area contributed by atoms with E-state index in [4.69, 9.17) is 0 Å². The van der Waals surface area contributed by atoms with Gasteiger partial charge in [-0.25, -0.2) is 4.98 Å². The Balaban J connectivity index is 1.59. The Hall–Kier alpha value is -2.76. The first-order chi connectivity index (χ1) is 11.7. The molecular formula is C18H19N5O. The maximum Gasteiger partial charge on any atom is 0.227 e. The Morgan fingerprint density at radius 1 is 1.33 bits per heavy atom. The van der Waals surface area contributed by atoms with Crippen molar-refractivity contribution in [1.29, 1.82) is 0 Å². The van der Waals surface area contributed by atoms with Crippen LogP contribution in [0, 0.1) is 6.92 Å². The van der Waals surface area contributed by atoms with Crippen LogP contribution in [-0.2, 0) is 11.2 Å². The summed E-state index contributed by atoms with van der Waals surface area (Å²) < 4.78 is 0. The molecular weight excluding hydrogens is 302 g/mol.